The maximum Gasteiger partial charge on any atom is 0.221 e. The smallest absolute Gasteiger partial charge is 0.221 e. The lowest BCUT2D eigenvalue weighted by Crippen LogP contribution is -2.44. The lowest BCUT2D eigenvalue weighted by molar-refractivity contribution is 0.279. The largest absolute Gasteiger partial charge is 0.364 e. The summed E-state index contributed by atoms with van der Waals surface area (Å²) in [6, 6.07) is 16.3. The number of hydrogen-bond donors (Lipinski definition) is 0. The van der Waals surface area contributed by atoms with Gasteiger partial charge in [-0.05, 0) is 43.5 Å². The van der Waals surface area contributed by atoms with Crippen molar-refractivity contribution in [2.45, 2.75) is 50.7 Å². The van der Waals surface area contributed by atoms with Crippen LogP contribution in [0.15, 0.2) is 60.8 Å². The molecule has 0 amide bonds. The minimum absolute atomic E-state index is 0.0473. The van der Waals surface area contributed by atoms with Gasteiger partial charge in [-0.25, -0.2) is 12.8 Å². The zero-order valence-corrected chi connectivity index (χ0v) is 18.9. The van der Waals surface area contributed by atoms with E-state index in [4.69, 9.17) is 0 Å². The summed E-state index contributed by atoms with van der Waals surface area (Å²) in [5.74, 6) is -0.370. The topological polar surface area (TPSA) is 58.4 Å². The number of nitrogens with zero attached hydrogens (tertiary/aromatic N) is 4. The maximum absolute atomic E-state index is 15.1. The molecule has 32 heavy (non-hydrogen) atoms. The van der Waals surface area contributed by atoms with Crippen molar-refractivity contribution >= 4 is 15.7 Å². The van der Waals surface area contributed by atoms with Gasteiger partial charge in [-0.15, -0.1) is 0 Å². The van der Waals surface area contributed by atoms with E-state index in [1.807, 2.05) is 54.1 Å². The van der Waals surface area contributed by atoms with Crippen LogP contribution in [0.3, 0.4) is 0 Å². The molecule has 0 radical (unpaired) electrons. The summed E-state index contributed by atoms with van der Waals surface area (Å²) >= 11 is 0. The monoisotopic (exact) mass is 454 g/mol. The van der Waals surface area contributed by atoms with Gasteiger partial charge in [0.05, 0.1) is 18.8 Å². The van der Waals surface area contributed by atoms with E-state index in [2.05, 4.69) is 10.00 Å². The minimum atomic E-state index is -3.59. The fourth-order valence-corrected chi connectivity index (χ4v) is 6.98. The summed E-state index contributed by atoms with van der Waals surface area (Å²) in [5.41, 5.74) is 3.10. The van der Waals surface area contributed by atoms with Crippen molar-refractivity contribution in [3.8, 4) is 0 Å². The van der Waals surface area contributed by atoms with E-state index in [9.17, 15) is 8.42 Å². The van der Waals surface area contributed by atoms with Crippen LogP contribution in [0.4, 0.5) is 10.1 Å². The van der Waals surface area contributed by atoms with Crippen molar-refractivity contribution in [3.63, 3.8) is 0 Å². The molecule has 0 N–H and O–H groups in total. The zero-order chi connectivity index (χ0) is 22.3. The van der Waals surface area contributed by atoms with Gasteiger partial charge in [0, 0.05) is 36.6 Å². The maximum atomic E-state index is 15.1. The third kappa shape index (κ3) is 3.82. The molecule has 3 heterocycles. The van der Waals surface area contributed by atoms with Crippen LogP contribution in [-0.2, 0) is 29.7 Å². The highest BCUT2D eigenvalue weighted by atomic mass is 32.2. The van der Waals surface area contributed by atoms with Gasteiger partial charge in [0.15, 0.2) is 0 Å². The first kappa shape index (κ1) is 21.2. The predicted octanol–water partition coefficient (Wildman–Crippen LogP) is 4.10. The summed E-state index contributed by atoms with van der Waals surface area (Å²) in [5, 5.41) is 3.70. The Hall–Kier alpha value is -2.71. The molecule has 0 bridgehead atoms. The summed E-state index contributed by atoms with van der Waals surface area (Å²) < 4.78 is 45.4. The van der Waals surface area contributed by atoms with Gasteiger partial charge in [-0.2, -0.15) is 9.40 Å². The number of halogens is 1. The second-order valence-corrected chi connectivity index (χ2v) is 10.7. The van der Waals surface area contributed by atoms with Crippen LogP contribution in [0.5, 0.6) is 0 Å². The summed E-state index contributed by atoms with van der Waals surface area (Å²) in [6.07, 6.45) is 3.11. The van der Waals surface area contributed by atoms with Crippen molar-refractivity contribution in [3.05, 3.63) is 83.4 Å². The molecular formula is C24H27FN4O2S. The Labute approximate surface area is 188 Å². The molecule has 1 unspecified atom stereocenters. The van der Waals surface area contributed by atoms with Gasteiger partial charge in [0.2, 0.25) is 10.0 Å². The molecule has 8 heteroatoms. The third-order valence-electron chi connectivity index (χ3n) is 6.66. The van der Waals surface area contributed by atoms with Crippen molar-refractivity contribution in [1.82, 2.24) is 14.1 Å². The predicted molar refractivity (Wildman–Crippen MR) is 122 cm³/mol. The average molecular weight is 455 g/mol. The molecule has 2 atom stereocenters. The van der Waals surface area contributed by atoms with Gasteiger partial charge in [0.25, 0.3) is 0 Å². The number of benzene rings is 2. The van der Waals surface area contributed by atoms with Crippen molar-refractivity contribution in [1.29, 1.82) is 0 Å². The minimum Gasteiger partial charge on any atom is -0.364 e. The average Bonchev–Trinajstić information content (AvgIpc) is 3.26. The highest BCUT2D eigenvalue weighted by Crippen LogP contribution is 2.38. The molecule has 2 aliphatic heterocycles. The summed E-state index contributed by atoms with van der Waals surface area (Å²) in [7, 11) is -3.59. The van der Waals surface area contributed by atoms with Crippen LogP contribution in [0.25, 0.3) is 0 Å². The Bertz CT molecular complexity index is 1210. The first-order valence-corrected chi connectivity index (χ1v) is 12.5. The highest BCUT2D eigenvalue weighted by molar-refractivity contribution is 7.89. The summed E-state index contributed by atoms with van der Waals surface area (Å²) in [6.45, 7) is 4.14. The van der Waals surface area contributed by atoms with E-state index in [1.54, 1.807) is 12.3 Å². The first-order chi connectivity index (χ1) is 15.4. The van der Waals surface area contributed by atoms with E-state index >= 15 is 4.39 Å². The standard InChI is InChI=1S/C24H27FN4O2S/c1-18-7-10-24(19-5-3-2-4-6-19)32(30,31)29(18)16-20-8-9-21(15-23(20)25)27-13-14-28-22(17-27)11-12-26-28/h2-6,8-9,11-12,15,18,24H,7,10,13-14,16-17H2,1H3/t18-,24?/m0/s1. The van der Waals surface area contributed by atoms with Crippen molar-refractivity contribution < 1.29 is 12.8 Å². The quantitative estimate of drug-likeness (QED) is 0.596. The van der Waals surface area contributed by atoms with Crippen molar-refractivity contribution in [2.75, 3.05) is 11.4 Å². The SMILES string of the molecule is C[C@H]1CCC(c2ccccc2)S(=O)(=O)N1Cc1ccc(N2CCn3nccc3C2)cc1F. The number of hydrogen-bond acceptors (Lipinski definition) is 4. The Morgan fingerprint density at radius 3 is 2.66 bits per heavy atom. The number of anilines is 1. The molecule has 6 nitrogen and oxygen atoms in total. The first-order valence-electron chi connectivity index (χ1n) is 11.0. The number of aromatic nitrogens is 2. The molecule has 0 saturated carbocycles. The molecule has 1 fully saturated rings. The lowest BCUT2D eigenvalue weighted by Gasteiger charge is -2.37. The Kier molecular flexibility index (Phi) is 5.51. The second kappa shape index (κ2) is 8.33. The zero-order valence-electron chi connectivity index (χ0n) is 18.1. The van der Waals surface area contributed by atoms with E-state index in [0.717, 1.165) is 36.5 Å². The van der Waals surface area contributed by atoms with Crippen LogP contribution >= 0.6 is 0 Å². The summed E-state index contributed by atoms with van der Waals surface area (Å²) in [4.78, 5) is 2.12. The molecule has 5 rings (SSSR count). The molecule has 2 aromatic carbocycles. The number of fused-ring (bicyclic) bond motifs is 1. The number of sulfonamides is 1. The van der Waals surface area contributed by atoms with E-state index in [0.29, 0.717) is 18.5 Å². The molecule has 2 aliphatic rings. The van der Waals surface area contributed by atoms with Crippen LogP contribution in [0.2, 0.25) is 0 Å². The second-order valence-electron chi connectivity index (χ2n) is 8.66. The van der Waals surface area contributed by atoms with Crippen LogP contribution in [-0.4, -0.2) is 35.1 Å². The van der Waals surface area contributed by atoms with Gasteiger partial charge < -0.3 is 4.90 Å². The fourth-order valence-electron chi connectivity index (χ4n) is 4.79. The normalized spacial score (nSPS) is 23.1. The molecule has 168 valence electrons. The van der Waals surface area contributed by atoms with Gasteiger partial charge in [-0.1, -0.05) is 36.4 Å². The molecule has 1 aromatic heterocycles. The Morgan fingerprint density at radius 2 is 1.88 bits per heavy atom. The fraction of sp³-hybridized carbons (Fsp3) is 0.375. The number of rotatable bonds is 4. The van der Waals surface area contributed by atoms with Gasteiger partial charge in [-0.3, -0.25) is 4.68 Å². The molecule has 0 aliphatic carbocycles. The van der Waals surface area contributed by atoms with E-state index < -0.39 is 15.3 Å². The van der Waals surface area contributed by atoms with Crippen LogP contribution in [0.1, 0.15) is 41.8 Å². The third-order valence-corrected chi connectivity index (χ3v) is 9.03. The van der Waals surface area contributed by atoms with Crippen LogP contribution in [0, 0.1) is 5.82 Å². The van der Waals surface area contributed by atoms with Gasteiger partial charge in [0.1, 0.15) is 11.1 Å². The molecule has 1 saturated heterocycles. The van der Waals surface area contributed by atoms with Crippen molar-refractivity contribution in [2.24, 2.45) is 0 Å². The molecular weight excluding hydrogens is 427 g/mol. The lowest BCUT2D eigenvalue weighted by atomic mass is 10.0. The van der Waals surface area contributed by atoms with Gasteiger partial charge >= 0.3 is 0 Å². The molecule has 0 spiro atoms. The Balaban J connectivity index is 1.37. The van der Waals surface area contributed by atoms with E-state index in [1.165, 1.54) is 10.4 Å². The Morgan fingerprint density at radius 1 is 1.06 bits per heavy atom. The molecule has 3 aromatic rings. The van der Waals surface area contributed by atoms with Crippen LogP contribution < -0.4 is 4.90 Å². The van der Waals surface area contributed by atoms with E-state index in [-0.39, 0.29) is 18.4 Å². The highest BCUT2D eigenvalue weighted by Gasteiger charge is 2.40.